The Labute approximate surface area is 111 Å². The standard InChI is InChI=1S/C11H16FN3O3S/c1-19(17,18)15-4-2-3-14-11(16)8-5-9(12)7-10(13)6-8/h5-7,15H,2-4,13H2,1H3,(H,14,16). The van der Waals surface area contributed by atoms with Gasteiger partial charge >= 0.3 is 0 Å². The zero-order valence-electron chi connectivity index (χ0n) is 10.4. The number of amides is 1. The number of carbonyl (C=O) groups is 1. The normalized spacial score (nSPS) is 11.3. The summed E-state index contributed by atoms with van der Waals surface area (Å²) < 4.78 is 36.9. The molecule has 0 saturated carbocycles. The molecule has 0 atom stereocenters. The molecule has 0 aliphatic rings. The van der Waals surface area contributed by atoms with E-state index in [0.29, 0.717) is 6.42 Å². The number of carbonyl (C=O) groups excluding carboxylic acids is 1. The SMILES string of the molecule is CS(=O)(=O)NCCCNC(=O)c1cc(N)cc(F)c1. The van der Waals surface area contributed by atoms with Crippen molar-refractivity contribution in [2.45, 2.75) is 6.42 Å². The van der Waals surface area contributed by atoms with Gasteiger partial charge in [0.15, 0.2) is 0 Å². The third kappa shape index (κ3) is 6.16. The smallest absolute Gasteiger partial charge is 0.251 e. The highest BCUT2D eigenvalue weighted by Gasteiger charge is 2.07. The Morgan fingerprint density at radius 1 is 1.32 bits per heavy atom. The third-order valence-electron chi connectivity index (χ3n) is 2.19. The van der Waals surface area contributed by atoms with Gasteiger partial charge in [-0.15, -0.1) is 0 Å². The second-order valence-corrected chi connectivity index (χ2v) is 5.88. The molecule has 0 fully saturated rings. The molecule has 0 spiro atoms. The highest BCUT2D eigenvalue weighted by molar-refractivity contribution is 7.88. The number of benzene rings is 1. The Morgan fingerprint density at radius 2 is 2.00 bits per heavy atom. The number of nitrogen functional groups attached to an aromatic ring is 1. The zero-order chi connectivity index (χ0) is 14.5. The molecule has 1 rings (SSSR count). The van der Waals surface area contributed by atoms with Gasteiger partial charge < -0.3 is 11.1 Å². The van der Waals surface area contributed by atoms with E-state index >= 15 is 0 Å². The predicted molar refractivity (Wildman–Crippen MR) is 70.6 cm³/mol. The highest BCUT2D eigenvalue weighted by Crippen LogP contribution is 2.10. The third-order valence-corrected chi connectivity index (χ3v) is 2.91. The molecule has 8 heteroatoms. The summed E-state index contributed by atoms with van der Waals surface area (Å²) in [6.07, 6.45) is 1.49. The Bertz CT molecular complexity index is 540. The van der Waals surface area contributed by atoms with Gasteiger partial charge in [-0.05, 0) is 24.6 Å². The van der Waals surface area contributed by atoms with Gasteiger partial charge in [-0.3, -0.25) is 4.79 Å². The van der Waals surface area contributed by atoms with Crippen molar-refractivity contribution in [3.05, 3.63) is 29.6 Å². The van der Waals surface area contributed by atoms with Crippen LogP contribution in [0.1, 0.15) is 16.8 Å². The minimum atomic E-state index is -3.22. The van der Waals surface area contributed by atoms with Crippen molar-refractivity contribution >= 4 is 21.6 Å². The number of rotatable bonds is 6. The van der Waals surface area contributed by atoms with Crippen LogP contribution in [0, 0.1) is 5.82 Å². The number of sulfonamides is 1. The van der Waals surface area contributed by atoms with E-state index in [9.17, 15) is 17.6 Å². The van der Waals surface area contributed by atoms with E-state index in [1.807, 2.05) is 0 Å². The van der Waals surface area contributed by atoms with Crippen LogP contribution in [-0.4, -0.2) is 33.7 Å². The maximum atomic E-state index is 13.0. The monoisotopic (exact) mass is 289 g/mol. The number of halogens is 1. The maximum absolute atomic E-state index is 13.0. The fourth-order valence-corrected chi connectivity index (χ4v) is 1.91. The summed E-state index contributed by atoms with van der Waals surface area (Å²) in [6, 6.07) is 3.57. The molecule has 1 aromatic carbocycles. The van der Waals surface area contributed by atoms with Crippen molar-refractivity contribution in [3.8, 4) is 0 Å². The molecule has 0 aliphatic heterocycles. The molecule has 1 aromatic rings. The van der Waals surface area contributed by atoms with Gasteiger partial charge in [-0.1, -0.05) is 0 Å². The predicted octanol–water partition coefficient (Wildman–Crippen LogP) is 0.0770. The Hall–Kier alpha value is -1.67. The molecule has 0 unspecified atom stereocenters. The Kier molecular flexibility index (Phi) is 5.25. The number of anilines is 1. The van der Waals surface area contributed by atoms with Crippen LogP contribution in [-0.2, 0) is 10.0 Å². The first kappa shape index (κ1) is 15.4. The van der Waals surface area contributed by atoms with Crippen LogP contribution in [0.25, 0.3) is 0 Å². The average Bonchev–Trinajstić information content (AvgIpc) is 2.25. The van der Waals surface area contributed by atoms with Crippen molar-refractivity contribution in [2.24, 2.45) is 0 Å². The van der Waals surface area contributed by atoms with Crippen molar-refractivity contribution in [1.29, 1.82) is 0 Å². The summed E-state index contributed by atoms with van der Waals surface area (Å²) >= 11 is 0. The van der Waals surface area contributed by atoms with E-state index in [0.717, 1.165) is 18.4 Å². The molecule has 6 nitrogen and oxygen atoms in total. The largest absolute Gasteiger partial charge is 0.399 e. The molecular weight excluding hydrogens is 273 g/mol. The van der Waals surface area contributed by atoms with Crippen molar-refractivity contribution < 1.29 is 17.6 Å². The summed E-state index contributed by atoms with van der Waals surface area (Å²) in [5.74, 6) is -1.03. The fraction of sp³-hybridized carbons (Fsp3) is 0.364. The lowest BCUT2D eigenvalue weighted by Gasteiger charge is -2.06. The van der Waals surface area contributed by atoms with Crippen LogP contribution < -0.4 is 15.8 Å². The van der Waals surface area contributed by atoms with Crippen molar-refractivity contribution in [3.63, 3.8) is 0 Å². The number of hydrogen-bond acceptors (Lipinski definition) is 4. The second kappa shape index (κ2) is 6.48. The summed E-state index contributed by atoms with van der Waals surface area (Å²) in [5.41, 5.74) is 5.73. The quantitative estimate of drug-likeness (QED) is 0.510. The summed E-state index contributed by atoms with van der Waals surface area (Å²) in [7, 11) is -3.22. The first-order valence-electron chi connectivity index (χ1n) is 5.57. The number of hydrogen-bond donors (Lipinski definition) is 3. The van der Waals surface area contributed by atoms with Crippen LogP contribution in [0.5, 0.6) is 0 Å². The van der Waals surface area contributed by atoms with Crippen LogP contribution in [0.4, 0.5) is 10.1 Å². The van der Waals surface area contributed by atoms with E-state index in [2.05, 4.69) is 10.0 Å². The average molecular weight is 289 g/mol. The van der Waals surface area contributed by atoms with Crippen LogP contribution in [0.2, 0.25) is 0 Å². The van der Waals surface area contributed by atoms with E-state index in [1.165, 1.54) is 6.07 Å². The molecule has 0 bridgehead atoms. The van der Waals surface area contributed by atoms with Gasteiger partial charge in [0, 0.05) is 24.3 Å². The van der Waals surface area contributed by atoms with Crippen LogP contribution in [0.3, 0.4) is 0 Å². The lowest BCUT2D eigenvalue weighted by molar-refractivity contribution is 0.0953. The van der Waals surface area contributed by atoms with Crippen molar-refractivity contribution in [2.75, 3.05) is 25.1 Å². The van der Waals surface area contributed by atoms with E-state index in [1.54, 1.807) is 0 Å². The molecular formula is C11H16FN3O3S. The number of nitrogens with one attached hydrogen (secondary N) is 2. The second-order valence-electron chi connectivity index (χ2n) is 4.05. The molecule has 0 aliphatic carbocycles. The van der Waals surface area contributed by atoms with Gasteiger partial charge in [0.1, 0.15) is 5.82 Å². The van der Waals surface area contributed by atoms with Gasteiger partial charge in [0.05, 0.1) is 6.26 Å². The maximum Gasteiger partial charge on any atom is 0.251 e. The lowest BCUT2D eigenvalue weighted by atomic mass is 10.2. The molecule has 0 aromatic heterocycles. The molecule has 0 radical (unpaired) electrons. The highest BCUT2D eigenvalue weighted by atomic mass is 32.2. The molecule has 0 heterocycles. The van der Waals surface area contributed by atoms with Crippen LogP contribution in [0.15, 0.2) is 18.2 Å². The molecule has 106 valence electrons. The van der Waals surface area contributed by atoms with E-state index in [4.69, 9.17) is 5.73 Å². The summed E-state index contributed by atoms with van der Waals surface area (Å²) in [5, 5.41) is 2.54. The molecule has 0 saturated heterocycles. The van der Waals surface area contributed by atoms with Gasteiger partial charge in [-0.25, -0.2) is 17.5 Å². The molecule has 1 amide bonds. The molecule has 4 N–H and O–H groups in total. The Morgan fingerprint density at radius 3 is 2.58 bits per heavy atom. The first-order valence-corrected chi connectivity index (χ1v) is 7.46. The fourth-order valence-electron chi connectivity index (χ4n) is 1.39. The minimum Gasteiger partial charge on any atom is -0.399 e. The summed E-state index contributed by atoms with van der Waals surface area (Å²) in [4.78, 5) is 11.6. The van der Waals surface area contributed by atoms with Gasteiger partial charge in [-0.2, -0.15) is 0 Å². The van der Waals surface area contributed by atoms with Gasteiger partial charge in [0.25, 0.3) is 5.91 Å². The topological polar surface area (TPSA) is 101 Å². The Balaban J connectivity index is 2.39. The van der Waals surface area contributed by atoms with Crippen LogP contribution >= 0.6 is 0 Å². The minimum absolute atomic E-state index is 0.133. The first-order chi connectivity index (χ1) is 8.78. The van der Waals surface area contributed by atoms with E-state index in [-0.39, 0.29) is 24.3 Å². The van der Waals surface area contributed by atoms with Gasteiger partial charge in [0.2, 0.25) is 10.0 Å². The molecule has 19 heavy (non-hydrogen) atoms. The zero-order valence-corrected chi connectivity index (χ0v) is 11.3. The summed E-state index contributed by atoms with van der Waals surface area (Å²) in [6.45, 7) is 0.502. The van der Waals surface area contributed by atoms with Crippen molar-refractivity contribution in [1.82, 2.24) is 10.0 Å². The lowest BCUT2D eigenvalue weighted by Crippen LogP contribution is -2.29. The number of nitrogens with two attached hydrogens (primary N) is 1. The van der Waals surface area contributed by atoms with E-state index < -0.39 is 21.7 Å².